The average Bonchev–Trinajstić information content (AvgIpc) is 2.39. The van der Waals surface area contributed by atoms with Crippen LogP contribution in [0, 0.1) is 5.92 Å². The second kappa shape index (κ2) is 5.72. The molecule has 2 atom stereocenters. The summed E-state index contributed by atoms with van der Waals surface area (Å²) in [6.45, 7) is 10.5. The van der Waals surface area contributed by atoms with E-state index in [1.165, 1.54) is 0 Å². The maximum Gasteiger partial charge on any atom is 0.248 e. The minimum atomic E-state index is -0.683. The number of amides is 2. The highest BCUT2D eigenvalue weighted by atomic mass is 16.2. The number of likely N-dealkylation sites (N-methyl/N-ethyl adjacent to an activating group) is 1. The molecule has 104 valence electrons. The molecule has 4 nitrogen and oxygen atoms in total. The van der Waals surface area contributed by atoms with Crippen LogP contribution in [0.3, 0.4) is 0 Å². The number of hydrogen-bond donors (Lipinski definition) is 1. The third-order valence-corrected chi connectivity index (χ3v) is 4.37. The van der Waals surface area contributed by atoms with Crippen molar-refractivity contribution < 1.29 is 9.59 Å². The Hall–Kier alpha value is -1.06. The SMILES string of the molecule is CCC(C)C1C(=O)NC(CC)(CC)C(=O)N1CC. The van der Waals surface area contributed by atoms with Crippen molar-refractivity contribution in [2.45, 2.75) is 65.5 Å². The summed E-state index contributed by atoms with van der Waals surface area (Å²) < 4.78 is 0. The number of carbonyl (C=O) groups is 2. The van der Waals surface area contributed by atoms with Crippen LogP contribution in [0.4, 0.5) is 0 Å². The summed E-state index contributed by atoms with van der Waals surface area (Å²) in [5, 5.41) is 2.98. The van der Waals surface area contributed by atoms with E-state index in [0.29, 0.717) is 19.4 Å². The van der Waals surface area contributed by atoms with Crippen molar-refractivity contribution in [1.29, 1.82) is 0 Å². The molecule has 1 heterocycles. The predicted molar refractivity (Wildman–Crippen MR) is 72.1 cm³/mol. The molecule has 1 N–H and O–H groups in total. The molecule has 18 heavy (non-hydrogen) atoms. The van der Waals surface area contributed by atoms with E-state index in [0.717, 1.165) is 6.42 Å². The van der Waals surface area contributed by atoms with Crippen molar-refractivity contribution in [3.05, 3.63) is 0 Å². The largest absolute Gasteiger partial charge is 0.340 e. The molecule has 2 unspecified atom stereocenters. The maximum absolute atomic E-state index is 12.6. The highest BCUT2D eigenvalue weighted by Gasteiger charge is 2.49. The van der Waals surface area contributed by atoms with Crippen LogP contribution in [0.1, 0.15) is 53.9 Å². The van der Waals surface area contributed by atoms with Crippen LogP contribution in [0.15, 0.2) is 0 Å². The first-order valence-corrected chi connectivity index (χ1v) is 7.10. The number of rotatable bonds is 5. The maximum atomic E-state index is 12.6. The fraction of sp³-hybridized carbons (Fsp3) is 0.857. The predicted octanol–water partition coefficient (Wildman–Crippen LogP) is 1.94. The van der Waals surface area contributed by atoms with Gasteiger partial charge in [-0.3, -0.25) is 9.59 Å². The van der Waals surface area contributed by atoms with Gasteiger partial charge < -0.3 is 10.2 Å². The third kappa shape index (κ3) is 2.25. The van der Waals surface area contributed by atoms with Crippen LogP contribution in [-0.4, -0.2) is 34.8 Å². The molecular weight excluding hydrogens is 228 g/mol. The van der Waals surface area contributed by atoms with Crippen LogP contribution in [-0.2, 0) is 9.59 Å². The highest BCUT2D eigenvalue weighted by molar-refractivity contribution is 5.99. The van der Waals surface area contributed by atoms with E-state index in [-0.39, 0.29) is 23.8 Å². The highest BCUT2D eigenvalue weighted by Crippen LogP contribution is 2.28. The molecule has 1 aliphatic rings. The van der Waals surface area contributed by atoms with Gasteiger partial charge in [-0.15, -0.1) is 0 Å². The van der Waals surface area contributed by atoms with E-state index in [4.69, 9.17) is 0 Å². The van der Waals surface area contributed by atoms with Crippen molar-refractivity contribution in [3.8, 4) is 0 Å². The molecule has 1 saturated heterocycles. The van der Waals surface area contributed by atoms with Gasteiger partial charge in [0.25, 0.3) is 0 Å². The van der Waals surface area contributed by atoms with Crippen LogP contribution >= 0.6 is 0 Å². The summed E-state index contributed by atoms with van der Waals surface area (Å²) in [6, 6.07) is -0.307. The van der Waals surface area contributed by atoms with E-state index in [9.17, 15) is 9.59 Å². The molecule has 0 spiro atoms. The van der Waals surface area contributed by atoms with Gasteiger partial charge in [0.1, 0.15) is 11.6 Å². The van der Waals surface area contributed by atoms with Crippen LogP contribution in [0.2, 0.25) is 0 Å². The van der Waals surface area contributed by atoms with Crippen LogP contribution in [0.5, 0.6) is 0 Å². The second-order valence-electron chi connectivity index (χ2n) is 5.20. The fourth-order valence-corrected chi connectivity index (χ4v) is 2.76. The number of nitrogens with one attached hydrogen (secondary N) is 1. The molecule has 1 rings (SSSR count). The molecule has 1 aliphatic heterocycles. The molecule has 0 aromatic carbocycles. The van der Waals surface area contributed by atoms with E-state index in [1.807, 2.05) is 27.7 Å². The van der Waals surface area contributed by atoms with Gasteiger partial charge in [-0.2, -0.15) is 0 Å². The summed E-state index contributed by atoms with van der Waals surface area (Å²) >= 11 is 0. The van der Waals surface area contributed by atoms with Gasteiger partial charge in [-0.05, 0) is 25.7 Å². The lowest BCUT2D eigenvalue weighted by molar-refractivity contribution is -0.157. The molecule has 1 fully saturated rings. The molecule has 0 aliphatic carbocycles. The second-order valence-corrected chi connectivity index (χ2v) is 5.20. The molecule has 0 aromatic heterocycles. The van der Waals surface area contributed by atoms with Crippen molar-refractivity contribution >= 4 is 11.8 Å². The van der Waals surface area contributed by atoms with Gasteiger partial charge >= 0.3 is 0 Å². The van der Waals surface area contributed by atoms with Gasteiger partial charge in [0.05, 0.1) is 0 Å². The Bertz CT molecular complexity index is 324. The number of nitrogens with zero attached hydrogens (tertiary/aromatic N) is 1. The lowest BCUT2D eigenvalue weighted by atomic mass is 9.84. The Labute approximate surface area is 110 Å². The van der Waals surface area contributed by atoms with Gasteiger partial charge in [-0.25, -0.2) is 0 Å². The Morgan fingerprint density at radius 3 is 2.17 bits per heavy atom. The first-order chi connectivity index (χ1) is 8.47. The minimum absolute atomic E-state index is 0.00880. The average molecular weight is 254 g/mol. The molecule has 0 radical (unpaired) electrons. The summed E-state index contributed by atoms with van der Waals surface area (Å²) in [7, 11) is 0. The van der Waals surface area contributed by atoms with E-state index >= 15 is 0 Å². The molecule has 0 aromatic rings. The zero-order valence-electron chi connectivity index (χ0n) is 12.2. The molecular formula is C14H26N2O2. The minimum Gasteiger partial charge on any atom is -0.340 e. The van der Waals surface area contributed by atoms with E-state index < -0.39 is 5.54 Å². The first kappa shape index (κ1) is 15.0. The van der Waals surface area contributed by atoms with E-state index in [1.54, 1.807) is 4.90 Å². The number of carbonyl (C=O) groups excluding carboxylic acids is 2. The van der Waals surface area contributed by atoms with Crippen LogP contribution in [0.25, 0.3) is 0 Å². The Kier molecular flexibility index (Phi) is 4.77. The molecule has 0 saturated carbocycles. The number of hydrogen-bond acceptors (Lipinski definition) is 2. The Morgan fingerprint density at radius 1 is 1.22 bits per heavy atom. The Morgan fingerprint density at radius 2 is 1.78 bits per heavy atom. The van der Waals surface area contributed by atoms with Gasteiger partial charge in [0, 0.05) is 6.54 Å². The van der Waals surface area contributed by atoms with Crippen molar-refractivity contribution in [2.24, 2.45) is 5.92 Å². The van der Waals surface area contributed by atoms with Gasteiger partial charge in [-0.1, -0.05) is 34.1 Å². The monoisotopic (exact) mass is 254 g/mol. The summed E-state index contributed by atoms with van der Waals surface area (Å²) in [5.41, 5.74) is -0.683. The van der Waals surface area contributed by atoms with Crippen molar-refractivity contribution in [2.75, 3.05) is 6.54 Å². The zero-order valence-corrected chi connectivity index (χ0v) is 12.2. The lowest BCUT2D eigenvalue weighted by Gasteiger charge is -2.46. The van der Waals surface area contributed by atoms with Crippen LogP contribution < -0.4 is 5.32 Å². The third-order valence-electron chi connectivity index (χ3n) is 4.37. The summed E-state index contributed by atoms with van der Waals surface area (Å²) in [4.78, 5) is 26.7. The van der Waals surface area contributed by atoms with Gasteiger partial charge in [0.2, 0.25) is 11.8 Å². The fourth-order valence-electron chi connectivity index (χ4n) is 2.76. The topological polar surface area (TPSA) is 49.4 Å². The zero-order chi connectivity index (χ0) is 13.9. The normalized spacial score (nSPS) is 24.9. The van der Waals surface area contributed by atoms with Crippen molar-refractivity contribution in [1.82, 2.24) is 10.2 Å². The summed E-state index contributed by atoms with van der Waals surface area (Å²) in [5.74, 6) is 0.287. The Balaban J connectivity index is 3.11. The first-order valence-electron chi connectivity index (χ1n) is 7.10. The summed E-state index contributed by atoms with van der Waals surface area (Å²) in [6.07, 6.45) is 2.20. The van der Waals surface area contributed by atoms with Crippen molar-refractivity contribution in [3.63, 3.8) is 0 Å². The van der Waals surface area contributed by atoms with Gasteiger partial charge in [0.15, 0.2) is 0 Å². The molecule has 0 bridgehead atoms. The molecule has 4 heteroatoms. The quantitative estimate of drug-likeness (QED) is 0.815. The molecule has 2 amide bonds. The standard InChI is InChI=1S/C14H26N2O2/c1-6-10(5)11-12(17)15-14(7-2,8-3)13(18)16(11)9-4/h10-11H,6-9H2,1-5H3,(H,15,17). The van der Waals surface area contributed by atoms with E-state index in [2.05, 4.69) is 12.2 Å². The lowest BCUT2D eigenvalue weighted by Crippen LogP contribution is -2.71. The smallest absolute Gasteiger partial charge is 0.248 e. The number of piperazine rings is 1.